The summed E-state index contributed by atoms with van der Waals surface area (Å²) in [6.45, 7) is 4.35. The van der Waals surface area contributed by atoms with Gasteiger partial charge in [-0.2, -0.15) is 5.26 Å². The Hall–Kier alpha value is -1.12. The zero-order valence-corrected chi connectivity index (χ0v) is 9.29. The van der Waals surface area contributed by atoms with Gasteiger partial charge >= 0.3 is 0 Å². The van der Waals surface area contributed by atoms with Crippen molar-refractivity contribution < 1.29 is 4.79 Å². The summed E-state index contributed by atoms with van der Waals surface area (Å²) in [7, 11) is 1.64. The fourth-order valence-corrected chi connectivity index (χ4v) is 1.91. The number of hydrogen-bond acceptors (Lipinski definition) is 4. The molecule has 2 N–H and O–H groups in total. The van der Waals surface area contributed by atoms with E-state index in [-0.39, 0.29) is 18.0 Å². The molecule has 1 rings (SSSR count). The lowest BCUT2D eigenvalue weighted by atomic mass is 10.1. The maximum atomic E-state index is 11.6. The average molecular weight is 210 g/mol. The number of rotatable bonds is 3. The monoisotopic (exact) mass is 210 g/mol. The second kappa shape index (κ2) is 5.69. The van der Waals surface area contributed by atoms with Gasteiger partial charge in [0.15, 0.2) is 0 Å². The number of amides is 1. The first-order valence-corrected chi connectivity index (χ1v) is 5.25. The number of carbonyl (C=O) groups is 1. The molecule has 5 nitrogen and oxygen atoms in total. The molecule has 0 radical (unpaired) electrons. The van der Waals surface area contributed by atoms with Crippen LogP contribution in [0.5, 0.6) is 0 Å². The highest BCUT2D eigenvalue weighted by atomic mass is 16.2. The van der Waals surface area contributed by atoms with E-state index in [1.54, 1.807) is 7.05 Å². The number of hydrogen-bond donors (Lipinski definition) is 2. The molecule has 0 aromatic rings. The Bertz CT molecular complexity index is 261. The third-order valence-electron chi connectivity index (χ3n) is 2.79. The minimum Gasteiger partial charge on any atom is -0.358 e. The van der Waals surface area contributed by atoms with Gasteiger partial charge in [-0.3, -0.25) is 9.69 Å². The molecule has 15 heavy (non-hydrogen) atoms. The van der Waals surface area contributed by atoms with Crippen LogP contribution in [0.25, 0.3) is 0 Å². The summed E-state index contributed by atoms with van der Waals surface area (Å²) in [5, 5.41) is 14.5. The SMILES string of the molecule is CNC(=O)C1CNCCN1C(C)CC#N. The van der Waals surface area contributed by atoms with Gasteiger partial charge < -0.3 is 10.6 Å². The molecule has 0 aromatic carbocycles. The van der Waals surface area contributed by atoms with E-state index in [2.05, 4.69) is 21.6 Å². The maximum absolute atomic E-state index is 11.6. The van der Waals surface area contributed by atoms with Gasteiger partial charge in [-0.1, -0.05) is 0 Å². The van der Waals surface area contributed by atoms with Gasteiger partial charge in [-0.25, -0.2) is 0 Å². The lowest BCUT2D eigenvalue weighted by Gasteiger charge is -2.38. The number of likely N-dealkylation sites (N-methyl/N-ethyl adjacent to an activating group) is 1. The lowest BCUT2D eigenvalue weighted by molar-refractivity contribution is -0.127. The molecule has 1 heterocycles. The number of nitrogens with one attached hydrogen (secondary N) is 2. The molecule has 5 heteroatoms. The molecule has 0 spiro atoms. The van der Waals surface area contributed by atoms with Gasteiger partial charge in [-0.15, -0.1) is 0 Å². The van der Waals surface area contributed by atoms with Crippen LogP contribution in [0.4, 0.5) is 0 Å². The van der Waals surface area contributed by atoms with E-state index in [1.165, 1.54) is 0 Å². The first-order chi connectivity index (χ1) is 7.20. The van der Waals surface area contributed by atoms with Crippen molar-refractivity contribution in [3.63, 3.8) is 0 Å². The van der Waals surface area contributed by atoms with Crippen LogP contribution >= 0.6 is 0 Å². The molecule has 1 saturated heterocycles. The predicted octanol–water partition coefficient (Wildman–Crippen LogP) is -0.692. The summed E-state index contributed by atoms with van der Waals surface area (Å²) >= 11 is 0. The fourth-order valence-electron chi connectivity index (χ4n) is 1.91. The third kappa shape index (κ3) is 2.91. The van der Waals surface area contributed by atoms with Crippen molar-refractivity contribution in [3.05, 3.63) is 0 Å². The normalized spacial score (nSPS) is 24.2. The standard InChI is InChI=1S/C10H18N4O/c1-8(3-4-11)14-6-5-13-7-9(14)10(15)12-2/h8-9,13H,3,5-7H2,1-2H3,(H,12,15). The molecule has 1 aliphatic rings. The lowest BCUT2D eigenvalue weighted by Crippen LogP contribution is -2.59. The number of piperazine rings is 1. The highest BCUT2D eigenvalue weighted by Crippen LogP contribution is 2.11. The summed E-state index contributed by atoms with van der Waals surface area (Å²) in [6.07, 6.45) is 0.466. The minimum atomic E-state index is -0.146. The van der Waals surface area contributed by atoms with E-state index < -0.39 is 0 Å². The number of carbonyl (C=O) groups excluding carboxylic acids is 1. The summed E-state index contributed by atoms with van der Waals surface area (Å²) in [5.41, 5.74) is 0. The first-order valence-electron chi connectivity index (χ1n) is 5.25. The topological polar surface area (TPSA) is 68.2 Å². The molecule has 0 aliphatic carbocycles. The van der Waals surface area contributed by atoms with Crippen molar-refractivity contribution in [1.82, 2.24) is 15.5 Å². The Balaban J connectivity index is 2.65. The van der Waals surface area contributed by atoms with Crippen LogP contribution in [0.2, 0.25) is 0 Å². The zero-order valence-electron chi connectivity index (χ0n) is 9.29. The van der Waals surface area contributed by atoms with Crippen molar-refractivity contribution in [2.45, 2.75) is 25.4 Å². The smallest absolute Gasteiger partial charge is 0.238 e. The van der Waals surface area contributed by atoms with E-state index in [1.807, 2.05) is 6.92 Å². The van der Waals surface area contributed by atoms with Crippen molar-refractivity contribution in [2.24, 2.45) is 0 Å². The van der Waals surface area contributed by atoms with Crippen LogP contribution in [-0.4, -0.2) is 49.6 Å². The maximum Gasteiger partial charge on any atom is 0.238 e. The van der Waals surface area contributed by atoms with Crippen molar-refractivity contribution in [2.75, 3.05) is 26.7 Å². The van der Waals surface area contributed by atoms with Gasteiger partial charge in [0.1, 0.15) is 6.04 Å². The summed E-state index contributed by atoms with van der Waals surface area (Å²) < 4.78 is 0. The molecule has 0 bridgehead atoms. The van der Waals surface area contributed by atoms with E-state index >= 15 is 0 Å². The average Bonchev–Trinajstić information content (AvgIpc) is 2.28. The highest BCUT2D eigenvalue weighted by molar-refractivity contribution is 5.81. The van der Waals surface area contributed by atoms with E-state index in [0.29, 0.717) is 13.0 Å². The highest BCUT2D eigenvalue weighted by Gasteiger charge is 2.30. The Morgan fingerprint density at radius 1 is 1.80 bits per heavy atom. The molecule has 2 atom stereocenters. The molecule has 0 saturated carbocycles. The van der Waals surface area contributed by atoms with Gasteiger partial charge in [0, 0.05) is 32.7 Å². The van der Waals surface area contributed by atoms with Crippen molar-refractivity contribution >= 4 is 5.91 Å². The first kappa shape index (κ1) is 12.0. The number of nitriles is 1. The summed E-state index contributed by atoms with van der Waals surface area (Å²) in [5.74, 6) is 0.0204. The third-order valence-corrected chi connectivity index (χ3v) is 2.79. The van der Waals surface area contributed by atoms with Crippen LogP contribution < -0.4 is 10.6 Å². The fraction of sp³-hybridized carbons (Fsp3) is 0.800. The van der Waals surface area contributed by atoms with Crippen LogP contribution in [0.1, 0.15) is 13.3 Å². The van der Waals surface area contributed by atoms with E-state index in [9.17, 15) is 4.79 Å². The summed E-state index contributed by atoms with van der Waals surface area (Å²) in [4.78, 5) is 13.7. The van der Waals surface area contributed by atoms with Gasteiger partial charge in [0.05, 0.1) is 12.5 Å². The van der Waals surface area contributed by atoms with Gasteiger partial charge in [0.25, 0.3) is 0 Å². The molecular formula is C10H18N4O. The molecule has 1 fully saturated rings. The minimum absolute atomic E-state index is 0.0204. The Kier molecular flexibility index (Phi) is 4.53. The van der Waals surface area contributed by atoms with Crippen molar-refractivity contribution in [1.29, 1.82) is 5.26 Å². The van der Waals surface area contributed by atoms with Crippen LogP contribution in [0.15, 0.2) is 0 Å². The predicted molar refractivity (Wildman–Crippen MR) is 57.1 cm³/mol. The largest absolute Gasteiger partial charge is 0.358 e. The molecule has 2 unspecified atom stereocenters. The van der Waals surface area contributed by atoms with Crippen LogP contribution in [0, 0.1) is 11.3 Å². The second-order valence-corrected chi connectivity index (χ2v) is 3.78. The molecule has 84 valence electrons. The Morgan fingerprint density at radius 3 is 3.13 bits per heavy atom. The number of nitrogens with zero attached hydrogens (tertiary/aromatic N) is 2. The molecule has 1 aliphatic heterocycles. The second-order valence-electron chi connectivity index (χ2n) is 3.78. The van der Waals surface area contributed by atoms with E-state index in [4.69, 9.17) is 5.26 Å². The zero-order chi connectivity index (χ0) is 11.3. The molecule has 0 aromatic heterocycles. The molecular weight excluding hydrogens is 192 g/mol. The van der Waals surface area contributed by atoms with Crippen LogP contribution in [0.3, 0.4) is 0 Å². The molecule has 1 amide bonds. The van der Waals surface area contributed by atoms with Gasteiger partial charge in [0.2, 0.25) is 5.91 Å². The van der Waals surface area contributed by atoms with Crippen molar-refractivity contribution in [3.8, 4) is 6.07 Å². The van der Waals surface area contributed by atoms with Gasteiger partial charge in [-0.05, 0) is 6.92 Å². The Labute approximate surface area is 90.4 Å². The Morgan fingerprint density at radius 2 is 2.53 bits per heavy atom. The summed E-state index contributed by atoms with van der Waals surface area (Å²) in [6, 6.07) is 2.14. The van der Waals surface area contributed by atoms with Crippen LogP contribution in [-0.2, 0) is 4.79 Å². The quantitative estimate of drug-likeness (QED) is 0.647. The van der Waals surface area contributed by atoms with E-state index in [0.717, 1.165) is 13.1 Å².